The molecule has 2 aromatic carbocycles. The predicted molar refractivity (Wildman–Crippen MR) is 101 cm³/mol. The summed E-state index contributed by atoms with van der Waals surface area (Å²) in [6.45, 7) is 3.83. The maximum atomic E-state index is 14.3. The summed E-state index contributed by atoms with van der Waals surface area (Å²) in [5.74, 6) is -1.38. The van der Waals surface area contributed by atoms with Gasteiger partial charge < -0.3 is 4.57 Å². The van der Waals surface area contributed by atoms with Crippen LogP contribution in [0.5, 0.6) is 0 Å². The van der Waals surface area contributed by atoms with E-state index in [4.69, 9.17) is 0 Å². The molecule has 0 bridgehead atoms. The molecule has 136 valence electrons. The zero-order valence-corrected chi connectivity index (χ0v) is 15.1. The maximum absolute atomic E-state index is 14.3. The van der Waals surface area contributed by atoms with Crippen LogP contribution in [0, 0.1) is 25.5 Å². The third-order valence-corrected chi connectivity index (χ3v) is 4.73. The lowest BCUT2D eigenvalue weighted by molar-refractivity contribution is 0.584. The summed E-state index contributed by atoms with van der Waals surface area (Å²) in [5, 5.41) is 4.37. The molecule has 0 N–H and O–H groups in total. The molecule has 0 fully saturated rings. The van der Waals surface area contributed by atoms with Crippen molar-refractivity contribution >= 4 is 5.65 Å². The van der Waals surface area contributed by atoms with Gasteiger partial charge in [-0.3, -0.25) is 4.79 Å². The number of hydrogen-bond acceptors (Lipinski definition) is 2. The highest BCUT2D eigenvalue weighted by molar-refractivity contribution is 5.81. The molecular weight excluding hydrogens is 348 g/mol. The van der Waals surface area contributed by atoms with Crippen molar-refractivity contribution in [3.8, 4) is 22.4 Å². The molecule has 4 rings (SSSR count). The molecule has 0 amide bonds. The molecular formula is C21H17F2N3O. The molecule has 0 radical (unpaired) electrons. The van der Waals surface area contributed by atoms with Gasteiger partial charge in [0.1, 0.15) is 17.3 Å². The fraction of sp³-hybridized carbons (Fsp3) is 0.143. The number of nitrogens with zero attached hydrogens (tertiary/aromatic N) is 3. The standard InChI is InChI=1S/C21H17F2N3O/c1-12-4-6-14(7-5-12)20-13(2)24-26-19(27)11-18(25(3)21(20)26)16-9-8-15(22)10-17(16)23/h4-11H,1-3H3. The molecule has 0 aliphatic carbocycles. The SMILES string of the molecule is Cc1ccc(-c2c(C)nn3c(=O)cc(-c4ccc(F)cc4F)n(C)c23)cc1. The lowest BCUT2D eigenvalue weighted by Crippen LogP contribution is -2.18. The Labute approximate surface area is 154 Å². The molecule has 2 heterocycles. The van der Waals surface area contributed by atoms with Crippen molar-refractivity contribution in [1.29, 1.82) is 0 Å². The molecule has 4 nitrogen and oxygen atoms in total. The highest BCUT2D eigenvalue weighted by Crippen LogP contribution is 2.30. The van der Waals surface area contributed by atoms with E-state index in [-0.39, 0.29) is 11.1 Å². The first-order valence-electron chi connectivity index (χ1n) is 8.48. The molecule has 0 saturated heterocycles. The Kier molecular flexibility index (Phi) is 3.91. The quantitative estimate of drug-likeness (QED) is 0.532. The van der Waals surface area contributed by atoms with E-state index in [0.717, 1.165) is 22.8 Å². The highest BCUT2D eigenvalue weighted by Gasteiger charge is 2.19. The minimum Gasteiger partial charge on any atom is -0.328 e. The smallest absolute Gasteiger partial charge is 0.274 e. The molecule has 0 unspecified atom stereocenters. The van der Waals surface area contributed by atoms with E-state index in [1.165, 1.54) is 22.7 Å². The van der Waals surface area contributed by atoms with Crippen molar-refractivity contribution in [2.75, 3.05) is 0 Å². The van der Waals surface area contributed by atoms with Crippen LogP contribution in [-0.2, 0) is 7.05 Å². The van der Waals surface area contributed by atoms with E-state index in [1.54, 1.807) is 11.6 Å². The van der Waals surface area contributed by atoms with E-state index >= 15 is 0 Å². The maximum Gasteiger partial charge on any atom is 0.274 e. The average molecular weight is 365 g/mol. The Bertz CT molecular complexity index is 1240. The number of hydrogen-bond donors (Lipinski definition) is 0. The first kappa shape index (κ1) is 17.1. The second kappa shape index (κ2) is 6.16. The van der Waals surface area contributed by atoms with Crippen molar-refractivity contribution in [1.82, 2.24) is 14.2 Å². The second-order valence-corrected chi connectivity index (χ2v) is 6.61. The summed E-state index contributed by atoms with van der Waals surface area (Å²) in [7, 11) is 1.74. The Hall–Kier alpha value is -3.28. The van der Waals surface area contributed by atoms with Gasteiger partial charge in [0.2, 0.25) is 0 Å². The molecule has 4 aromatic rings. The van der Waals surface area contributed by atoms with Gasteiger partial charge in [0, 0.05) is 30.3 Å². The average Bonchev–Trinajstić information content (AvgIpc) is 2.97. The predicted octanol–water partition coefficient (Wildman–Crippen LogP) is 4.26. The van der Waals surface area contributed by atoms with E-state index in [0.29, 0.717) is 17.0 Å². The monoisotopic (exact) mass is 365 g/mol. The second-order valence-electron chi connectivity index (χ2n) is 6.61. The van der Waals surface area contributed by atoms with Crippen LogP contribution in [0.3, 0.4) is 0 Å². The van der Waals surface area contributed by atoms with Gasteiger partial charge in [-0.05, 0) is 31.5 Å². The summed E-state index contributed by atoms with van der Waals surface area (Å²) in [6.07, 6.45) is 0. The van der Waals surface area contributed by atoms with E-state index < -0.39 is 11.6 Å². The van der Waals surface area contributed by atoms with Crippen molar-refractivity contribution in [2.45, 2.75) is 13.8 Å². The van der Waals surface area contributed by atoms with Gasteiger partial charge in [-0.25, -0.2) is 8.78 Å². The molecule has 0 saturated carbocycles. The summed E-state index contributed by atoms with van der Waals surface area (Å²) in [5.41, 5.74) is 4.24. The van der Waals surface area contributed by atoms with Crippen LogP contribution in [0.25, 0.3) is 28.0 Å². The van der Waals surface area contributed by atoms with Crippen LogP contribution in [-0.4, -0.2) is 14.2 Å². The van der Waals surface area contributed by atoms with Crippen LogP contribution in [0.15, 0.2) is 53.3 Å². The Morgan fingerprint density at radius 3 is 2.33 bits per heavy atom. The molecule has 0 aliphatic rings. The zero-order chi connectivity index (χ0) is 19.3. The fourth-order valence-corrected chi connectivity index (χ4v) is 3.38. The van der Waals surface area contributed by atoms with Gasteiger partial charge in [0.05, 0.1) is 11.4 Å². The topological polar surface area (TPSA) is 39.3 Å². The van der Waals surface area contributed by atoms with E-state index in [2.05, 4.69) is 5.10 Å². The third-order valence-electron chi connectivity index (χ3n) is 4.73. The molecule has 2 aromatic heterocycles. The minimum absolute atomic E-state index is 0.159. The van der Waals surface area contributed by atoms with Crippen LogP contribution < -0.4 is 5.56 Å². The number of fused-ring (bicyclic) bond motifs is 1. The lowest BCUT2D eigenvalue weighted by Gasteiger charge is -2.13. The van der Waals surface area contributed by atoms with Gasteiger partial charge >= 0.3 is 0 Å². The Morgan fingerprint density at radius 1 is 0.963 bits per heavy atom. The molecule has 0 spiro atoms. The largest absolute Gasteiger partial charge is 0.328 e. The molecule has 0 atom stereocenters. The zero-order valence-electron chi connectivity index (χ0n) is 15.1. The highest BCUT2D eigenvalue weighted by atomic mass is 19.1. The molecule has 0 aliphatic heterocycles. The normalized spacial score (nSPS) is 11.3. The summed E-state index contributed by atoms with van der Waals surface area (Å²) in [6, 6.07) is 12.5. The molecule has 6 heteroatoms. The Balaban J connectivity index is 2.07. The van der Waals surface area contributed by atoms with Gasteiger partial charge in [-0.2, -0.15) is 9.61 Å². The summed E-state index contributed by atoms with van der Waals surface area (Å²) >= 11 is 0. The summed E-state index contributed by atoms with van der Waals surface area (Å²) in [4.78, 5) is 12.6. The van der Waals surface area contributed by atoms with Crippen LogP contribution in [0.4, 0.5) is 8.78 Å². The van der Waals surface area contributed by atoms with Crippen LogP contribution in [0.2, 0.25) is 0 Å². The van der Waals surface area contributed by atoms with E-state index in [1.807, 2.05) is 38.1 Å². The fourth-order valence-electron chi connectivity index (χ4n) is 3.38. The van der Waals surface area contributed by atoms with Crippen molar-refractivity contribution < 1.29 is 8.78 Å². The van der Waals surface area contributed by atoms with Gasteiger partial charge in [-0.15, -0.1) is 0 Å². The number of aromatic nitrogens is 3. The minimum atomic E-state index is -0.720. The van der Waals surface area contributed by atoms with Gasteiger partial charge in [-0.1, -0.05) is 29.8 Å². The van der Waals surface area contributed by atoms with Gasteiger partial charge in [0.15, 0.2) is 0 Å². The third kappa shape index (κ3) is 2.73. The lowest BCUT2D eigenvalue weighted by atomic mass is 10.0. The van der Waals surface area contributed by atoms with Gasteiger partial charge in [0.25, 0.3) is 5.56 Å². The van der Waals surface area contributed by atoms with E-state index in [9.17, 15) is 13.6 Å². The van der Waals surface area contributed by atoms with Crippen LogP contribution in [0.1, 0.15) is 11.3 Å². The summed E-state index contributed by atoms with van der Waals surface area (Å²) < 4.78 is 30.7. The Morgan fingerprint density at radius 2 is 1.67 bits per heavy atom. The van der Waals surface area contributed by atoms with Crippen molar-refractivity contribution in [3.63, 3.8) is 0 Å². The van der Waals surface area contributed by atoms with Crippen molar-refractivity contribution in [2.24, 2.45) is 7.05 Å². The number of rotatable bonds is 2. The van der Waals surface area contributed by atoms with Crippen molar-refractivity contribution in [3.05, 3.63) is 81.8 Å². The molecule has 27 heavy (non-hydrogen) atoms. The number of aryl methyl sites for hydroxylation is 3. The number of benzene rings is 2. The first-order chi connectivity index (χ1) is 12.9. The van der Waals surface area contributed by atoms with Crippen LogP contribution >= 0.6 is 0 Å². The number of halogens is 2. The first-order valence-corrected chi connectivity index (χ1v) is 8.48.